The Morgan fingerprint density at radius 2 is 1.88 bits per heavy atom. The van der Waals surface area contributed by atoms with Gasteiger partial charge in [-0.25, -0.2) is 13.6 Å². The van der Waals surface area contributed by atoms with E-state index in [-0.39, 0.29) is 0 Å². The first kappa shape index (κ1) is 15.1. The minimum Gasteiger partial charge on any atom is -0.444 e. The first-order valence-corrected chi connectivity index (χ1v) is 5.03. The van der Waals surface area contributed by atoms with Gasteiger partial charge in [-0.1, -0.05) is 0 Å². The molecule has 2 N–H and O–H groups in total. The molecule has 0 saturated carbocycles. The topological polar surface area (TPSA) is 55.6 Å². The Kier molecular flexibility index (Phi) is 4.67. The number of carbonyl (C=O) groups excluding carboxylic acids is 1. The van der Waals surface area contributed by atoms with E-state index < -0.39 is 30.2 Å². The van der Waals surface area contributed by atoms with Crippen molar-refractivity contribution in [3.05, 3.63) is 0 Å². The fraction of sp³-hybridized carbons (Fsp3) is 0.900. The third-order valence-electron chi connectivity index (χ3n) is 1.82. The van der Waals surface area contributed by atoms with Crippen LogP contribution in [0.25, 0.3) is 0 Å². The number of alkyl halides is 2. The minimum atomic E-state index is -3.12. The standard InChI is InChI=1S/C10H20F2N2O2/c1-7(13)10(11,12)6-14(5)8(15)16-9(2,3)4/h7H,6,13H2,1-5H3. The maximum Gasteiger partial charge on any atom is 0.410 e. The molecule has 1 amide bonds. The van der Waals surface area contributed by atoms with Crippen LogP contribution in [0.3, 0.4) is 0 Å². The summed E-state index contributed by atoms with van der Waals surface area (Å²) in [6.07, 6.45) is -0.784. The number of nitrogens with two attached hydrogens (primary N) is 1. The summed E-state index contributed by atoms with van der Waals surface area (Å²) in [7, 11) is 1.25. The molecular weight excluding hydrogens is 218 g/mol. The number of halogens is 2. The van der Waals surface area contributed by atoms with Crippen molar-refractivity contribution < 1.29 is 18.3 Å². The molecule has 1 atom stereocenters. The van der Waals surface area contributed by atoms with E-state index in [0.29, 0.717) is 0 Å². The van der Waals surface area contributed by atoms with E-state index in [9.17, 15) is 13.6 Å². The zero-order chi connectivity index (χ0) is 13.1. The van der Waals surface area contributed by atoms with Gasteiger partial charge in [0.2, 0.25) is 0 Å². The molecular formula is C10H20F2N2O2. The van der Waals surface area contributed by atoms with E-state index >= 15 is 0 Å². The molecule has 96 valence electrons. The lowest BCUT2D eigenvalue weighted by atomic mass is 10.2. The van der Waals surface area contributed by atoms with Crippen LogP contribution < -0.4 is 5.73 Å². The molecule has 0 aliphatic carbocycles. The fourth-order valence-electron chi connectivity index (χ4n) is 0.865. The Morgan fingerprint density at radius 3 is 2.19 bits per heavy atom. The second kappa shape index (κ2) is 4.95. The monoisotopic (exact) mass is 238 g/mol. The van der Waals surface area contributed by atoms with Gasteiger partial charge in [-0.05, 0) is 27.7 Å². The Labute approximate surface area is 94.7 Å². The molecule has 0 aromatic heterocycles. The summed E-state index contributed by atoms with van der Waals surface area (Å²) >= 11 is 0. The second-order valence-corrected chi connectivity index (χ2v) is 4.89. The second-order valence-electron chi connectivity index (χ2n) is 4.89. The smallest absolute Gasteiger partial charge is 0.410 e. The molecule has 0 saturated heterocycles. The number of ether oxygens (including phenoxy) is 1. The Morgan fingerprint density at radius 1 is 1.44 bits per heavy atom. The van der Waals surface area contributed by atoms with Crippen molar-refractivity contribution in [3.8, 4) is 0 Å². The van der Waals surface area contributed by atoms with Crippen LogP contribution in [0.15, 0.2) is 0 Å². The van der Waals surface area contributed by atoms with Crippen molar-refractivity contribution in [2.75, 3.05) is 13.6 Å². The van der Waals surface area contributed by atoms with E-state index in [1.165, 1.54) is 14.0 Å². The number of hydrogen-bond donors (Lipinski definition) is 1. The molecule has 0 heterocycles. The summed E-state index contributed by atoms with van der Waals surface area (Å²) in [6.45, 7) is 5.45. The lowest BCUT2D eigenvalue weighted by molar-refractivity contribution is -0.0502. The van der Waals surface area contributed by atoms with Crippen LogP contribution in [-0.4, -0.2) is 42.2 Å². The molecule has 0 spiro atoms. The van der Waals surface area contributed by atoms with Gasteiger partial charge in [0, 0.05) is 7.05 Å². The number of nitrogens with zero attached hydrogens (tertiary/aromatic N) is 1. The highest BCUT2D eigenvalue weighted by atomic mass is 19.3. The van der Waals surface area contributed by atoms with Crippen LogP contribution in [0.1, 0.15) is 27.7 Å². The summed E-state index contributed by atoms with van der Waals surface area (Å²) in [5.74, 6) is -3.12. The quantitative estimate of drug-likeness (QED) is 0.816. The molecule has 0 aromatic carbocycles. The lowest BCUT2D eigenvalue weighted by Gasteiger charge is -2.28. The lowest BCUT2D eigenvalue weighted by Crippen LogP contribution is -2.49. The van der Waals surface area contributed by atoms with Gasteiger partial charge in [-0.15, -0.1) is 0 Å². The molecule has 4 nitrogen and oxygen atoms in total. The van der Waals surface area contributed by atoms with E-state index in [0.717, 1.165) is 4.90 Å². The van der Waals surface area contributed by atoms with E-state index in [1.54, 1.807) is 20.8 Å². The van der Waals surface area contributed by atoms with Gasteiger partial charge < -0.3 is 15.4 Å². The van der Waals surface area contributed by atoms with E-state index in [1.807, 2.05) is 0 Å². The van der Waals surface area contributed by atoms with Gasteiger partial charge in [-0.3, -0.25) is 0 Å². The number of rotatable bonds is 3. The summed E-state index contributed by atoms with van der Waals surface area (Å²) < 4.78 is 31.4. The first-order chi connectivity index (χ1) is 6.96. The molecule has 0 aliphatic heterocycles. The normalized spacial score (nSPS) is 14.5. The van der Waals surface area contributed by atoms with Crippen LogP contribution >= 0.6 is 0 Å². The first-order valence-electron chi connectivity index (χ1n) is 5.03. The molecule has 0 radical (unpaired) electrons. The van der Waals surface area contributed by atoms with Crippen molar-refractivity contribution in [1.82, 2.24) is 4.90 Å². The highest BCUT2D eigenvalue weighted by Crippen LogP contribution is 2.19. The molecule has 1 unspecified atom stereocenters. The highest BCUT2D eigenvalue weighted by Gasteiger charge is 2.37. The summed E-state index contributed by atoms with van der Waals surface area (Å²) in [6, 6.07) is -1.31. The largest absolute Gasteiger partial charge is 0.444 e. The van der Waals surface area contributed by atoms with Gasteiger partial charge in [0.05, 0.1) is 12.6 Å². The average molecular weight is 238 g/mol. The van der Waals surface area contributed by atoms with E-state index in [2.05, 4.69) is 0 Å². The van der Waals surface area contributed by atoms with E-state index in [4.69, 9.17) is 10.5 Å². The fourth-order valence-corrected chi connectivity index (χ4v) is 0.865. The number of carbonyl (C=O) groups is 1. The summed E-state index contributed by atoms with van der Waals surface area (Å²) in [5, 5.41) is 0. The van der Waals surface area contributed by atoms with Crippen molar-refractivity contribution >= 4 is 6.09 Å². The maximum absolute atomic E-state index is 13.2. The third-order valence-corrected chi connectivity index (χ3v) is 1.82. The van der Waals surface area contributed by atoms with Gasteiger partial charge in [0.15, 0.2) is 0 Å². The van der Waals surface area contributed by atoms with Gasteiger partial charge in [0.25, 0.3) is 5.92 Å². The summed E-state index contributed by atoms with van der Waals surface area (Å²) in [5.41, 5.74) is 4.42. The average Bonchev–Trinajstić information content (AvgIpc) is 1.99. The molecule has 6 heteroatoms. The van der Waals surface area contributed by atoms with Crippen LogP contribution in [0.2, 0.25) is 0 Å². The highest BCUT2D eigenvalue weighted by molar-refractivity contribution is 5.67. The van der Waals surface area contributed by atoms with Gasteiger partial charge in [0.1, 0.15) is 5.60 Å². The van der Waals surface area contributed by atoms with Crippen LogP contribution in [0.4, 0.5) is 13.6 Å². The maximum atomic E-state index is 13.2. The Bertz CT molecular complexity index is 250. The van der Waals surface area contributed by atoms with Crippen LogP contribution in [0, 0.1) is 0 Å². The zero-order valence-electron chi connectivity index (χ0n) is 10.4. The zero-order valence-corrected chi connectivity index (χ0v) is 10.4. The number of amides is 1. The van der Waals surface area contributed by atoms with Crippen molar-refractivity contribution in [3.63, 3.8) is 0 Å². The van der Waals surface area contributed by atoms with Gasteiger partial charge >= 0.3 is 6.09 Å². The molecule has 0 aromatic rings. The summed E-state index contributed by atoms with van der Waals surface area (Å²) in [4.78, 5) is 12.2. The molecule has 16 heavy (non-hydrogen) atoms. The Balaban J connectivity index is 4.37. The molecule has 0 aliphatic rings. The van der Waals surface area contributed by atoms with Crippen molar-refractivity contribution in [2.45, 2.75) is 45.3 Å². The SMILES string of the molecule is CC(N)C(F)(F)CN(C)C(=O)OC(C)(C)C. The predicted octanol–water partition coefficient (Wildman–Crippen LogP) is 1.84. The van der Waals surface area contributed by atoms with Crippen LogP contribution in [-0.2, 0) is 4.74 Å². The minimum absolute atomic E-state index is 0.699. The van der Waals surface area contributed by atoms with Crippen molar-refractivity contribution in [1.29, 1.82) is 0 Å². The van der Waals surface area contributed by atoms with Crippen LogP contribution in [0.5, 0.6) is 0 Å². The van der Waals surface area contributed by atoms with Gasteiger partial charge in [-0.2, -0.15) is 0 Å². The third kappa shape index (κ3) is 5.25. The molecule has 0 fully saturated rings. The predicted molar refractivity (Wildman–Crippen MR) is 57.5 cm³/mol. The Hall–Kier alpha value is -0.910. The molecule has 0 rings (SSSR count). The molecule has 0 bridgehead atoms. The van der Waals surface area contributed by atoms with Crippen molar-refractivity contribution in [2.24, 2.45) is 5.73 Å². The number of hydrogen-bond acceptors (Lipinski definition) is 3.